The Bertz CT molecular complexity index is 1100. The van der Waals surface area contributed by atoms with Crippen LogP contribution in [0.4, 0.5) is 0 Å². The molecule has 2 heterocycles. The summed E-state index contributed by atoms with van der Waals surface area (Å²) in [5, 5.41) is 11.9. The molecule has 4 atom stereocenters. The summed E-state index contributed by atoms with van der Waals surface area (Å²) in [6, 6.07) is 17.0. The molecule has 1 saturated heterocycles. The SMILES string of the molecule is C/C=C\C(=C(\Cl)CC)C(c1ccccc1Cl)N1C(C)CCC1CC(C)(C#N)c1cccc(C)n1. The van der Waals surface area contributed by atoms with Gasteiger partial charge in [0, 0.05) is 27.8 Å². The Morgan fingerprint density at radius 1 is 1.26 bits per heavy atom. The molecular weight excluding hydrogens is 461 g/mol. The van der Waals surface area contributed by atoms with E-state index in [1.807, 2.05) is 63.2 Å². The van der Waals surface area contributed by atoms with E-state index in [1.165, 1.54) is 0 Å². The monoisotopic (exact) mass is 495 g/mol. The van der Waals surface area contributed by atoms with Crippen molar-refractivity contribution in [2.75, 3.05) is 0 Å². The van der Waals surface area contributed by atoms with Crippen LogP contribution in [0.25, 0.3) is 0 Å². The van der Waals surface area contributed by atoms with Gasteiger partial charge in [-0.25, -0.2) is 0 Å². The van der Waals surface area contributed by atoms with Crippen LogP contribution in [-0.2, 0) is 5.41 Å². The highest BCUT2D eigenvalue weighted by Gasteiger charge is 2.43. The van der Waals surface area contributed by atoms with Crippen molar-refractivity contribution in [2.45, 2.75) is 83.8 Å². The Hall–Kier alpha value is -2.12. The number of likely N-dealkylation sites (tertiary alicyclic amines) is 1. The number of nitriles is 1. The van der Waals surface area contributed by atoms with E-state index >= 15 is 0 Å². The molecule has 0 bridgehead atoms. The normalized spacial score (nSPS) is 22.3. The number of pyridine rings is 1. The molecule has 3 rings (SSSR count). The van der Waals surface area contributed by atoms with Crippen molar-refractivity contribution in [3.8, 4) is 6.07 Å². The lowest BCUT2D eigenvalue weighted by Gasteiger charge is -2.40. The number of benzene rings is 1. The second-order valence-corrected chi connectivity index (χ2v) is 10.3. The molecule has 180 valence electrons. The van der Waals surface area contributed by atoms with Crippen LogP contribution in [0, 0.1) is 18.3 Å². The average molecular weight is 497 g/mol. The van der Waals surface area contributed by atoms with E-state index in [2.05, 4.69) is 37.0 Å². The molecule has 5 heteroatoms. The van der Waals surface area contributed by atoms with Gasteiger partial charge in [0.1, 0.15) is 0 Å². The summed E-state index contributed by atoms with van der Waals surface area (Å²) < 4.78 is 0. The fraction of sp³-hybridized carbons (Fsp3) is 0.448. The van der Waals surface area contributed by atoms with Gasteiger partial charge in [-0.2, -0.15) is 5.26 Å². The zero-order valence-electron chi connectivity index (χ0n) is 20.9. The first-order chi connectivity index (χ1) is 16.3. The largest absolute Gasteiger partial charge is 0.286 e. The molecule has 1 fully saturated rings. The van der Waals surface area contributed by atoms with Crippen LogP contribution in [-0.4, -0.2) is 22.0 Å². The summed E-state index contributed by atoms with van der Waals surface area (Å²) in [6.07, 6.45) is 7.67. The number of hydrogen-bond donors (Lipinski definition) is 0. The van der Waals surface area contributed by atoms with Gasteiger partial charge in [-0.15, -0.1) is 0 Å². The number of hydrogen-bond acceptors (Lipinski definition) is 3. The predicted molar refractivity (Wildman–Crippen MR) is 143 cm³/mol. The minimum Gasteiger partial charge on any atom is -0.286 e. The molecule has 0 radical (unpaired) electrons. The molecule has 1 aliphatic rings. The summed E-state index contributed by atoms with van der Waals surface area (Å²) in [5.74, 6) is 0. The molecule has 0 N–H and O–H groups in total. The van der Waals surface area contributed by atoms with Crippen LogP contribution in [0.15, 0.2) is 65.2 Å². The Morgan fingerprint density at radius 2 is 2.00 bits per heavy atom. The van der Waals surface area contributed by atoms with E-state index in [9.17, 15) is 5.26 Å². The molecule has 0 spiro atoms. The first-order valence-electron chi connectivity index (χ1n) is 12.1. The Morgan fingerprint density at radius 3 is 2.62 bits per heavy atom. The van der Waals surface area contributed by atoms with Gasteiger partial charge in [0.25, 0.3) is 0 Å². The van der Waals surface area contributed by atoms with E-state index in [0.29, 0.717) is 12.5 Å². The van der Waals surface area contributed by atoms with Gasteiger partial charge in [-0.05, 0) is 82.7 Å². The van der Waals surface area contributed by atoms with Gasteiger partial charge in [-0.1, -0.05) is 66.5 Å². The quantitative estimate of drug-likeness (QED) is 0.345. The van der Waals surface area contributed by atoms with Crippen LogP contribution < -0.4 is 0 Å². The molecular formula is C29H35Cl2N3. The van der Waals surface area contributed by atoms with Crippen LogP contribution in [0.1, 0.15) is 76.4 Å². The topological polar surface area (TPSA) is 39.9 Å². The first kappa shape index (κ1) is 26.5. The van der Waals surface area contributed by atoms with E-state index in [0.717, 1.165) is 51.8 Å². The molecule has 1 aliphatic heterocycles. The van der Waals surface area contributed by atoms with Gasteiger partial charge < -0.3 is 0 Å². The minimum atomic E-state index is -0.691. The first-order valence-corrected chi connectivity index (χ1v) is 12.9. The third kappa shape index (κ3) is 5.57. The molecule has 1 aromatic heterocycles. The summed E-state index contributed by atoms with van der Waals surface area (Å²) in [4.78, 5) is 7.26. The zero-order chi connectivity index (χ0) is 24.9. The van der Waals surface area contributed by atoms with Crippen molar-refractivity contribution in [1.29, 1.82) is 5.26 Å². The Labute approximate surface area is 215 Å². The highest BCUT2D eigenvalue weighted by Crippen LogP contribution is 2.45. The molecule has 0 saturated carbocycles. The molecule has 4 unspecified atom stereocenters. The number of nitrogens with zero attached hydrogens (tertiary/aromatic N) is 3. The maximum absolute atomic E-state index is 10.3. The van der Waals surface area contributed by atoms with Crippen molar-refractivity contribution < 1.29 is 0 Å². The van der Waals surface area contributed by atoms with Crippen LogP contribution in [0.3, 0.4) is 0 Å². The number of aromatic nitrogens is 1. The molecule has 34 heavy (non-hydrogen) atoms. The maximum atomic E-state index is 10.3. The lowest BCUT2D eigenvalue weighted by atomic mass is 9.80. The fourth-order valence-corrected chi connectivity index (χ4v) is 5.60. The van der Waals surface area contributed by atoms with Gasteiger partial charge in [-0.3, -0.25) is 9.88 Å². The van der Waals surface area contributed by atoms with Crippen molar-refractivity contribution >= 4 is 23.2 Å². The standard InChI is InChI=1S/C29H35Cl2N3/c1-6-11-23(25(30)7-2)28(24-13-8-9-14-26(24)31)34-21(4)16-17-22(34)18-29(5,19-32)27-15-10-12-20(3)33-27/h6,8-15,21-22,28H,7,16-18H2,1-5H3/b11-6-,25-23-. The van der Waals surface area contributed by atoms with Gasteiger partial charge in [0.05, 0.1) is 23.2 Å². The highest BCUT2D eigenvalue weighted by molar-refractivity contribution is 6.31. The number of halogens is 2. The van der Waals surface area contributed by atoms with Crippen molar-refractivity contribution in [1.82, 2.24) is 9.88 Å². The fourth-order valence-electron chi connectivity index (χ4n) is 5.19. The van der Waals surface area contributed by atoms with Crippen molar-refractivity contribution in [3.05, 3.63) is 87.2 Å². The summed E-state index contributed by atoms with van der Waals surface area (Å²) in [5.41, 5.74) is 3.20. The maximum Gasteiger partial charge on any atom is 0.0980 e. The summed E-state index contributed by atoms with van der Waals surface area (Å²) in [6.45, 7) is 10.4. The third-order valence-corrected chi connectivity index (χ3v) is 7.78. The second kappa shape index (κ2) is 11.5. The average Bonchev–Trinajstić information content (AvgIpc) is 3.18. The molecule has 0 aliphatic carbocycles. The van der Waals surface area contributed by atoms with E-state index in [1.54, 1.807) is 0 Å². The number of allylic oxidation sites excluding steroid dienone is 2. The second-order valence-electron chi connectivity index (χ2n) is 9.48. The minimum absolute atomic E-state index is 0.0896. The zero-order valence-corrected chi connectivity index (χ0v) is 22.4. The lowest BCUT2D eigenvalue weighted by molar-refractivity contribution is 0.140. The summed E-state index contributed by atoms with van der Waals surface area (Å²) in [7, 11) is 0. The van der Waals surface area contributed by atoms with E-state index < -0.39 is 5.41 Å². The van der Waals surface area contributed by atoms with Crippen LogP contribution in [0.5, 0.6) is 0 Å². The molecule has 1 aromatic carbocycles. The van der Waals surface area contributed by atoms with Crippen LogP contribution in [0.2, 0.25) is 5.02 Å². The Kier molecular flexibility index (Phi) is 8.99. The van der Waals surface area contributed by atoms with Crippen LogP contribution >= 0.6 is 23.2 Å². The van der Waals surface area contributed by atoms with Crippen molar-refractivity contribution in [3.63, 3.8) is 0 Å². The van der Waals surface area contributed by atoms with E-state index in [-0.39, 0.29) is 12.1 Å². The Balaban J connectivity index is 2.12. The van der Waals surface area contributed by atoms with Gasteiger partial charge >= 0.3 is 0 Å². The summed E-state index contributed by atoms with van der Waals surface area (Å²) >= 11 is 13.6. The van der Waals surface area contributed by atoms with E-state index in [4.69, 9.17) is 28.2 Å². The highest BCUT2D eigenvalue weighted by atomic mass is 35.5. The molecule has 3 nitrogen and oxygen atoms in total. The molecule has 0 amide bonds. The smallest absolute Gasteiger partial charge is 0.0980 e. The van der Waals surface area contributed by atoms with Crippen molar-refractivity contribution in [2.24, 2.45) is 0 Å². The lowest BCUT2D eigenvalue weighted by Crippen LogP contribution is -2.42. The van der Waals surface area contributed by atoms with Gasteiger partial charge in [0.2, 0.25) is 0 Å². The predicted octanol–water partition coefficient (Wildman–Crippen LogP) is 8.29. The van der Waals surface area contributed by atoms with Gasteiger partial charge in [0.15, 0.2) is 0 Å². The third-order valence-electron chi connectivity index (χ3n) is 6.95. The number of rotatable bonds is 8. The number of aryl methyl sites for hydroxylation is 1. The molecule has 2 aromatic rings.